The van der Waals surface area contributed by atoms with Crippen LogP contribution in [0.1, 0.15) is 21.5 Å². The van der Waals surface area contributed by atoms with Crippen LogP contribution in [0.4, 0.5) is 29.1 Å². The molecule has 0 saturated carbocycles. The lowest BCUT2D eigenvalue weighted by atomic mass is 10.1. The van der Waals surface area contributed by atoms with E-state index in [1.54, 1.807) is 0 Å². The normalized spacial score (nSPS) is 17.6. The van der Waals surface area contributed by atoms with Crippen LogP contribution in [0.15, 0.2) is 48.9 Å². The van der Waals surface area contributed by atoms with Crippen LogP contribution < -0.4 is 15.8 Å². The van der Waals surface area contributed by atoms with Crippen molar-refractivity contribution in [3.05, 3.63) is 75.7 Å². The number of methoxy groups -OCH3 is 1. The van der Waals surface area contributed by atoms with E-state index in [0.29, 0.717) is 0 Å². The van der Waals surface area contributed by atoms with Crippen molar-refractivity contribution in [1.29, 1.82) is 0 Å². The molecule has 4 heterocycles. The first-order valence-electron chi connectivity index (χ1n) is 12.6. The van der Waals surface area contributed by atoms with E-state index >= 15 is 4.39 Å². The van der Waals surface area contributed by atoms with Gasteiger partial charge in [0.15, 0.2) is 5.82 Å². The largest absolute Gasteiger partial charge is 0.480 e. The van der Waals surface area contributed by atoms with E-state index in [9.17, 15) is 36.5 Å². The van der Waals surface area contributed by atoms with Crippen molar-refractivity contribution >= 4 is 33.0 Å². The van der Waals surface area contributed by atoms with Gasteiger partial charge in [0.05, 0.1) is 35.1 Å². The molecular weight excluding hydrogens is 616 g/mol. The van der Waals surface area contributed by atoms with E-state index < -0.39 is 75.0 Å². The molecule has 1 aliphatic heterocycles. The number of nitro groups is 1. The van der Waals surface area contributed by atoms with Gasteiger partial charge in [0.25, 0.3) is 11.6 Å². The number of fused-ring (bicyclic) bond motifs is 1. The van der Waals surface area contributed by atoms with E-state index in [-0.39, 0.29) is 34.0 Å². The Bertz CT molecular complexity index is 1880. The van der Waals surface area contributed by atoms with Gasteiger partial charge in [0.1, 0.15) is 23.6 Å². The third-order valence-corrected chi connectivity index (χ3v) is 8.65. The van der Waals surface area contributed by atoms with Gasteiger partial charge in [-0.3, -0.25) is 14.9 Å². The van der Waals surface area contributed by atoms with Gasteiger partial charge in [0.2, 0.25) is 15.9 Å². The number of hydrogen-bond acceptors (Lipinski definition) is 10. The van der Waals surface area contributed by atoms with Gasteiger partial charge in [0, 0.05) is 37.0 Å². The van der Waals surface area contributed by atoms with Crippen LogP contribution in [0.25, 0.3) is 16.8 Å². The number of sulfonamides is 1. The second-order valence-corrected chi connectivity index (χ2v) is 11.7. The summed E-state index contributed by atoms with van der Waals surface area (Å²) >= 11 is 0. The van der Waals surface area contributed by atoms with Gasteiger partial charge in [-0.25, -0.2) is 27.3 Å². The zero-order valence-electron chi connectivity index (χ0n) is 22.5. The average Bonchev–Trinajstić information content (AvgIpc) is 3.55. The Morgan fingerprint density at radius 3 is 2.66 bits per heavy atom. The number of nitrogens with zero attached hydrogens (tertiary/aromatic N) is 6. The number of nitrogen functional groups attached to an aromatic ring is 1. The van der Waals surface area contributed by atoms with Gasteiger partial charge >= 0.3 is 6.18 Å². The third-order valence-electron chi connectivity index (χ3n) is 6.87. The molecule has 232 valence electrons. The number of halogens is 4. The number of nitrogens with two attached hydrogens (primary N) is 1. The summed E-state index contributed by atoms with van der Waals surface area (Å²) in [6.07, 6.45) is -4.55. The first-order valence-corrected chi connectivity index (χ1v) is 14.2. The molecule has 1 amide bonds. The Balaban J connectivity index is 1.40. The minimum atomic E-state index is -4.82. The van der Waals surface area contributed by atoms with Crippen molar-refractivity contribution in [3.8, 4) is 17.1 Å². The zero-order valence-corrected chi connectivity index (χ0v) is 23.3. The SMILES string of the molecule is COc1ncc(-c2cc(C(F)(F)F)c3c(N)ncnn23)cc1C(=O)N[C@@H]1CN(S(=O)(=O)Cc2cccc([N+](=O)[O-])c2)C[C@@H]1F. The molecule has 2 atom stereocenters. The number of carbonyl (C=O) groups is 1. The molecule has 14 nitrogen and oxygen atoms in total. The minimum absolute atomic E-state index is 0.00364. The van der Waals surface area contributed by atoms with Crippen LogP contribution in [0.3, 0.4) is 0 Å². The molecule has 0 radical (unpaired) electrons. The van der Waals surface area contributed by atoms with Crippen LogP contribution in [-0.4, -0.2) is 75.5 Å². The number of pyridine rings is 1. The summed E-state index contributed by atoms with van der Waals surface area (Å²) < 4.78 is 89.1. The molecule has 0 bridgehead atoms. The summed E-state index contributed by atoms with van der Waals surface area (Å²) in [6, 6.07) is 5.62. The summed E-state index contributed by atoms with van der Waals surface area (Å²) in [7, 11) is -2.95. The topological polar surface area (TPSA) is 188 Å². The summed E-state index contributed by atoms with van der Waals surface area (Å²) in [5, 5.41) is 17.3. The predicted molar refractivity (Wildman–Crippen MR) is 146 cm³/mol. The highest BCUT2D eigenvalue weighted by Crippen LogP contribution is 2.39. The van der Waals surface area contributed by atoms with Gasteiger partial charge in [-0.15, -0.1) is 0 Å². The molecule has 5 rings (SSSR count). The molecule has 1 aromatic carbocycles. The van der Waals surface area contributed by atoms with E-state index in [4.69, 9.17) is 10.5 Å². The van der Waals surface area contributed by atoms with Crippen LogP contribution in [0, 0.1) is 10.1 Å². The summed E-state index contributed by atoms with van der Waals surface area (Å²) in [4.78, 5) is 31.3. The second-order valence-electron chi connectivity index (χ2n) is 9.72. The number of anilines is 1. The summed E-state index contributed by atoms with van der Waals surface area (Å²) in [6.45, 7) is -1.04. The Hall–Kier alpha value is -4.91. The third kappa shape index (κ3) is 5.82. The predicted octanol–water partition coefficient (Wildman–Crippen LogP) is 2.59. The molecule has 3 N–H and O–H groups in total. The summed E-state index contributed by atoms with van der Waals surface area (Å²) in [5.41, 5.74) is 3.48. The summed E-state index contributed by atoms with van der Waals surface area (Å²) in [5.74, 6) is -2.24. The van der Waals surface area contributed by atoms with E-state index in [2.05, 4.69) is 20.4 Å². The molecule has 1 saturated heterocycles. The fraction of sp³-hybridized carbons (Fsp3) is 0.280. The number of benzene rings is 1. The molecule has 0 spiro atoms. The Kier molecular flexibility index (Phi) is 7.85. The smallest absolute Gasteiger partial charge is 0.418 e. The lowest BCUT2D eigenvalue weighted by Gasteiger charge is -2.17. The zero-order chi connectivity index (χ0) is 32.0. The fourth-order valence-electron chi connectivity index (χ4n) is 4.81. The quantitative estimate of drug-likeness (QED) is 0.165. The molecule has 1 fully saturated rings. The number of amides is 1. The van der Waals surface area contributed by atoms with Gasteiger partial charge in [-0.05, 0) is 17.7 Å². The van der Waals surface area contributed by atoms with Crippen LogP contribution in [-0.2, 0) is 22.0 Å². The number of rotatable bonds is 8. The number of aromatic nitrogens is 4. The lowest BCUT2D eigenvalue weighted by molar-refractivity contribution is -0.384. The molecular formula is C25H22F4N8O6S. The highest BCUT2D eigenvalue weighted by atomic mass is 32.2. The second kappa shape index (κ2) is 11.3. The van der Waals surface area contributed by atoms with Crippen LogP contribution >= 0.6 is 0 Å². The number of alkyl halides is 4. The van der Waals surface area contributed by atoms with Gasteiger partial charge in [-0.2, -0.15) is 22.6 Å². The molecule has 1 aliphatic rings. The molecule has 0 aliphatic carbocycles. The maximum atomic E-state index is 15.0. The van der Waals surface area contributed by atoms with Gasteiger partial charge in [-0.1, -0.05) is 12.1 Å². The number of non-ortho nitro benzene ring substituents is 1. The minimum Gasteiger partial charge on any atom is -0.480 e. The highest BCUT2D eigenvalue weighted by molar-refractivity contribution is 7.88. The Labute approximate surface area is 245 Å². The fourth-order valence-corrected chi connectivity index (χ4v) is 6.35. The maximum absolute atomic E-state index is 15.0. The standard InChI is InChI=1S/C25H22F4N8O6S/c1-43-24-16(6-14(8-31-24)20-7-17(25(27,28)29)21-22(30)32-12-33-36(20)21)23(38)34-19-10-35(9-18(19)26)44(41,42)11-13-3-2-4-15(5-13)37(39)40/h2-8,12,18-19H,9-11H2,1H3,(H,34,38)(H2,30,32,33)/t18-,19+/m0/s1. The lowest BCUT2D eigenvalue weighted by Crippen LogP contribution is -2.42. The van der Waals surface area contributed by atoms with Crippen LogP contribution in [0.5, 0.6) is 5.88 Å². The van der Waals surface area contributed by atoms with Crippen molar-refractivity contribution in [2.45, 2.75) is 24.1 Å². The number of hydrogen-bond donors (Lipinski definition) is 2. The molecule has 4 aromatic rings. The van der Waals surface area contributed by atoms with E-state index in [0.717, 1.165) is 33.5 Å². The first-order chi connectivity index (χ1) is 20.7. The number of nitro benzene ring substituents is 1. The van der Waals surface area contributed by atoms with Crippen molar-refractivity contribution in [1.82, 2.24) is 29.2 Å². The molecule has 19 heteroatoms. The Morgan fingerprint density at radius 1 is 1.23 bits per heavy atom. The van der Waals surface area contributed by atoms with Crippen molar-refractivity contribution in [2.75, 3.05) is 25.9 Å². The first kappa shape index (κ1) is 30.5. The molecule has 3 aromatic heterocycles. The number of nitrogens with one attached hydrogen (secondary N) is 1. The highest BCUT2D eigenvalue weighted by Gasteiger charge is 2.41. The molecule has 0 unspecified atom stereocenters. The van der Waals surface area contributed by atoms with Gasteiger partial charge < -0.3 is 15.8 Å². The van der Waals surface area contributed by atoms with E-state index in [1.165, 1.54) is 31.4 Å². The van der Waals surface area contributed by atoms with Crippen LogP contribution in [0.2, 0.25) is 0 Å². The van der Waals surface area contributed by atoms with Crippen molar-refractivity contribution < 1.29 is 40.4 Å². The number of carbonyl (C=O) groups excluding carboxylic acids is 1. The monoisotopic (exact) mass is 638 g/mol. The maximum Gasteiger partial charge on any atom is 0.418 e. The average molecular weight is 639 g/mol. The van der Waals surface area contributed by atoms with Crippen molar-refractivity contribution in [3.63, 3.8) is 0 Å². The van der Waals surface area contributed by atoms with E-state index in [1.807, 2.05) is 0 Å². The molecule has 44 heavy (non-hydrogen) atoms. The Morgan fingerprint density at radius 2 is 1.98 bits per heavy atom. The number of ether oxygens (including phenoxy) is 1. The van der Waals surface area contributed by atoms with Crippen molar-refractivity contribution in [2.24, 2.45) is 0 Å².